The molecule has 0 saturated carbocycles. The summed E-state index contributed by atoms with van der Waals surface area (Å²) >= 11 is 0. The number of ether oxygens (including phenoxy) is 2. The lowest BCUT2D eigenvalue weighted by molar-refractivity contribution is -0.322. The molecule has 0 aliphatic carbocycles. The lowest BCUT2D eigenvalue weighted by Gasteiger charge is -2.42. The van der Waals surface area contributed by atoms with Crippen molar-refractivity contribution >= 4 is 0 Å². The Bertz CT molecular complexity index is 449. The van der Waals surface area contributed by atoms with E-state index in [2.05, 4.69) is 0 Å². The first-order chi connectivity index (χ1) is 13.8. The van der Waals surface area contributed by atoms with Crippen LogP contribution < -0.4 is 0 Å². The minimum absolute atomic E-state index is 0.195. The Hall–Kier alpha value is -0.570. The van der Waals surface area contributed by atoms with Crippen molar-refractivity contribution in [2.24, 2.45) is 5.92 Å². The molecule has 0 rings (SSSR count). The smallest absolute Gasteiger partial charge is 0.353 e. The molecule has 0 aromatic rings. The first kappa shape index (κ1) is 29.4. The van der Waals surface area contributed by atoms with Crippen molar-refractivity contribution in [2.75, 3.05) is 14.2 Å². The maximum absolute atomic E-state index is 15.0. The molecule has 0 N–H and O–H groups in total. The molecule has 1 atom stereocenters. The van der Waals surface area contributed by atoms with Crippen LogP contribution in [0.15, 0.2) is 0 Å². The highest BCUT2D eigenvalue weighted by Crippen LogP contribution is 2.50. The molecule has 30 heavy (non-hydrogen) atoms. The average molecular weight is 455 g/mol. The maximum Gasteiger partial charge on any atom is 0.389 e. The van der Waals surface area contributed by atoms with Crippen LogP contribution >= 0.6 is 0 Å². The Morgan fingerprint density at radius 1 is 0.667 bits per heavy atom. The van der Waals surface area contributed by atoms with E-state index in [1.165, 1.54) is 6.92 Å². The van der Waals surface area contributed by atoms with Gasteiger partial charge in [0, 0.05) is 27.1 Å². The fraction of sp³-hybridized carbons (Fsp3) is 1.00. The van der Waals surface area contributed by atoms with Gasteiger partial charge in [0.25, 0.3) is 0 Å². The zero-order chi connectivity index (χ0) is 23.5. The summed E-state index contributed by atoms with van der Waals surface area (Å²) in [6.45, 7) is 3.26. The molecule has 9 heteroatoms. The number of hydrogen-bond donors (Lipinski definition) is 0. The maximum atomic E-state index is 15.0. The summed E-state index contributed by atoms with van der Waals surface area (Å²) in [7, 11) is 2.26. The highest BCUT2D eigenvalue weighted by Gasteiger charge is 2.64. The van der Waals surface area contributed by atoms with Crippen molar-refractivity contribution < 1.29 is 40.2 Å². The summed E-state index contributed by atoms with van der Waals surface area (Å²) in [5, 5.41) is 0. The van der Waals surface area contributed by atoms with Crippen LogP contribution in [0.25, 0.3) is 0 Å². The van der Waals surface area contributed by atoms with Crippen LogP contribution in [-0.4, -0.2) is 38.0 Å². The summed E-state index contributed by atoms with van der Waals surface area (Å²) in [5.41, 5.74) is 0. The van der Waals surface area contributed by atoms with Gasteiger partial charge in [-0.1, -0.05) is 51.9 Å². The fourth-order valence-corrected chi connectivity index (χ4v) is 3.54. The van der Waals surface area contributed by atoms with E-state index < -0.39 is 49.0 Å². The van der Waals surface area contributed by atoms with Crippen LogP contribution in [-0.2, 0) is 9.47 Å². The van der Waals surface area contributed by atoms with Gasteiger partial charge in [-0.2, -0.15) is 30.7 Å². The average Bonchev–Trinajstić information content (AvgIpc) is 2.65. The van der Waals surface area contributed by atoms with E-state index in [1.54, 1.807) is 0 Å². The van der Waals surface area contributed by atoms with Crippen molar-refractivity contribution in [2.45, 2.75) is 115 Å². The second-order valence-electron chi connectivity index (χ2n) is 8.04. The van der Waals surface area contributed by atoms with Crippen molar-refractivity contribution in [3.63, 3.8) is 0 Å². The molecular weight excluding hydrogens is 417 g/mol. The molecule has 2 nitrogen and oxygen atoms in total. The van der Waals surface area contributed by atoms with Crippen LogP contribution in [0.4, 0.5) is 30.7 Å². The molecule has 0 amide bonds. The molecule has 0 fully saturated rings. The monoisotopic (exact) mass is 454 g/mol. The third-order valence-corrected chi connectivity index (χ3v) is 5.67. The highest BCUT2D eigenvalue weighted by atomic mass is 19.4. The van der Waals surface area contributed by atoms with Crippen LogP contribution in [0, 0.1) is 5.92 Å². The van der Waals surface area contributed by atoms with Gasteiger partial charge in [-0.15, -0.1) is 0 Å². The normalized spacial score (nSPS) is 14.9. The second kappa shape index (κ2) is 13.1. The van der Waals surface area contributed by atoms with Gasteiger partial charge in [-0.3, -0.25) is 0 Å². The van der Waals surface area contributed by atoms with Crippen LogP contribution in [0.3, 0.4) is 0 Å². The van der Waals surface area contributed by atoms with Gasteiger partial charge in [0.2, 0.25) is 0 Å². The third-order valence-electron chi connectivity index (χ3n) is 5.67. The van der Waals surface area contributed by atoms with E-state index >= 15 is 0 Å². The molecule has 0 radical (unpaired) electrons. The van der Waals surface area contributed by atoms with E-state index in [-0.39, 0.29) is 19.3 Å². The molecule has 0 aromatic carbocycles. The molecular formula is C21H37F7O2. The number of hydrogen-bond acceptors (Lipinski definition) is 2. The number of halogens is 7. The SMILES string of the molecule is CCCCCCCCC(C(C)(OC)OC)C(F)(F)C(F)(F)CCCCCC(F)(F)F. The van der Waals surface area contributed by atoms with Crippen LogP contribution in [0.1, 0.15) is 90.9 Å². The molecule has 0 aliphatic heterocycles. The Kier molecular flexibility index (Phi) is 12.8. The van der Waals surface area contributed by atoms with Gasteiger partial charge < -0.3 is 9.47 Å². The lowest BCUT2D eigenvalue weighted by Crippen LogP contribution is -2.56. The summed E-state index contributed by atoms with van der Waals surface area (Å²) < 4.78 is 105. The van der Waals surface area contributed by atoms with Gasteiger partial charge >= 0.3 is 18.0 Å². The molecule has 0 saturated heterocycles. The zero-order valence-corrected chi connectivity index (χ0v) is 18.5. The van der Waals surface area contributed by atoms with Gasteiger partial charge in [-0.25, -0.2) is 0 Å². The van der Waals surface area contributed by atoms with Crippen molar-refractivity contribution in [3.8, 4) is 0 Å². The summed E-state index contributed by atoms with van der Waals surface area (Å²) in [5.74, 6) is -12.6. The van der Waals surface area contributed by atoms with Gasteiger partial charge in [0.15, 0.2) is 5.79 Å². The first-order valence-electron chi connectivity index (χ1n) is 10.7. The first-order valence-corrected chi connectivity index (χ1v) is 10.7. The quantitative estimate of drug-likeness (QED) is 0.125. The molecule has 0 aromatic heterocycles. The second-order valence-corrected chi connectivity index (χ2v) is 8.04. The van der Waals surface area contributed by atoms with Gasteiger partial charge in [0.05, 0.1) is 5.92 Å². The third kappa shape index (κ3) is 9.71. The van der Waals surface area contributed by atoms with Crippen molar-refractivity contribution in [3.05, 3.63) is 0 Å². The lowest BCUT2D eigenvalue weighted by atomic mass is 9.82. The minimum Gasteiger partial charge on any atom is -0.353 e. The topological polar surface area (TPSA) is 18.5 Å². The molecule has 0 aliphatic rings. The summed E-state index contributed by atoms with van der Waals surface area (Å²) in [6, 6.07) is 0. The minimum atomic E-state index is -4.43. The Labute approximate surface area is 175 Å². The highest BCUT2D eigenvalue weighted by molar-refractivity contribution is 4.96. The fourth-order valence-electron chi connectivity index (χ4n) is 3.54. The summed E-state index contributed by atoms with van der Waals surface area (Å²) in [6.07, 6.45) is -3.05. The van der Waals surface area contributed by atoms with E-state index in [4.69, 9.17) is 9.47 Å². The predicted molar refractivity (Wildman–Crippen MR) is 103 cm³/mol. The predicted octanol–water partition coefficient (Wildman–Crippen LogP) is 8.15. The number of alkyl halides is 7. The number of rotatable bonds is 17. The zero-order valence-electron chi connectivity index (χ0n) is 18.5. The van der Waals surface area contributed by atoms with E-state index in [0.717, 1.165) is 39.9 Å². The largest absolute Gasteiger partial charge is 0.389 e. The standard InChI is InChI=1S/C21H37F7O2/c1-5-6-7-8-9-11-14-17(18(2,29-3)30-4)21(27,28)19(22,23)15-12-10-13-16-20(24,25)26/h17H,5-16H2,1-4H3. The molecule has 182 valence electrons. The van der Waals surface area contributed by atoms with E-state index in [1.807, 2.05) is 6.92 Å². The van der Waals surface area contributed by atoms with E-state index in [0.29, 0.717) is 12.8 Å². The number of unbranched alkanes of at least 4 members (excludes halogenated alkanes) is 7. The van der Waals surface area contributed by atoms with Crippen molar-refractivity contribution in [1.29, 1.82) is 0 Å². The van der Waals surface area contributed by atoms with Gasteiger partial charge in [0.1, 0.15) is 0 Å². The molecule has 0 bridgehead atoms. The Morgan fingerprint density at radius 3 is 1.63 bits per heavy atom. The molecule has 1 unspecified atom stereocenters. The van der Waals surface area contributed by atoms with Crippen LogP contribution in [0.5, 0.6) is 0 Å². The van der Waals surface area contributed by atoms with Crippen molar-refractivity contribution in [1.82, 2.24) is 0 Å². The molecule has 0 heterocycles. The van der Waals surface area contributed by atoms with Gasteiger partial charge in [-0.05, 0) is 26.2 Å². The van der Waals surface area contributed by atoms with Crippen LogP contribution in [0.2, 0.25) is 0 Å². The van der Waals surface area contributed by atoms with E-state index in [9.17, 15) is 30.7 Å². The Balaban J connectivity index is 5.08. The molecule has 0 spiro atoms. The number of methoxy groups -OCH3 is 2. The summed E-state index contributed by atoms with van der Waals surface area (Å²) in [4.78, 5) is 0. The Morgan fingerprint density at radius 2 is 1.13 bits per heavy atom.